The van der Waals surface area contributed by atoms with Crippen LogP contribution >= 0.6 is 0 Å². The zero-order valence-corrected chi connectivity index (χ0v) is 7.65. The van der Waals surface area contributed by atoms with Gasteiger partial charge in [0, 0.05) is 6.20 Å². The molecule has 0 fully saturated rings. The predicted molar refractivity (Wildman–Crippen MR) is 48.0 cm³/mol. The molecule has 0 radical (unpaired) electrons. The van der Waals surface area contributed by atoms with Crippen molar-refractivity contribution in [3.05, 3.63) is 24.0 Å². The normalized spacial score (nSPS) is 13.3. The van der Waals surface area contributed by atoms with Crippen molar-refractivity contribution in [1.82, 2.24) is 9.88 Å². The second kappa shape index (κ2) is 3.54. The highest BCUT2D eigenvalue weighted by Crippen LogP contribution is 2.23. The summed E-state index contributed by atoms with van der Waals surface area (Å²) < 4.78 is 0. The minimum atomic E-state index is 0.145. The fourth-order valence-electron chi connectivity index (χ4n) is 0.975. The molecule has 1 heterocycles. The molecule has 1 rings (SSSR count). The lowest BCUT2D eigenvalue weighted by molar-refractivity contribution is 0.305. The number of aromatic hydroxyl groups is 1. The van der Waals surface area contributed by atoms with Gasteiger partial charge in [-0.1, -0.05) is 0 Å². The summed E-state index contributed by atoms with van der Waals surface area (Å²) in [6.45, 7) is 2.00. The lowest BCUT2D eigenvalue weighted by Gasteiger charge is -2.19. The molecule has 0 amide bonds. The zero-order valence-electron chi connectivity index (χ0n) is 7.65. The van der Waals surface area contributed by atoms with Gasteiger partial charge in [0.1, 0.15) is 5.75 Å². The molecular weight excluding hydrogens is 152 g/mol. The molecule has 66 valence electrons. The Morgan fingerprint density at radius 3 is 2.67 bits per heavy atom. The molecule has 0 saturated carbocycles. The number of aromatic nitrogens is 1. The first kappa shape index (κ1) is 9.00. The Hall–Kier alpha value is -1.09. The predicted octanol–water partition coefficient (Wildman–Crippen LogP) is 1.41. The first-order valence-electron chi connectivity index (χ1n) is 3.93. The lowest BCUT2D eigenvalue weighted by atomic mass is 10.2. The zero-order chi connectivity index (χ0) is 9.14. The molecule has 0 aliphatic rings. The van der Waals surface area contributed by atoms with E-state index in [9.17, 15) is 5.11 Å². The average Bonchev–Trinajstić information content (AvgIpc) is 2.04. The molecule has 0 aromatic carbocycles. The van der Waals surface area contributed by atoms with E-state index in [1.165, 1.54) is 0 Å². The summed E-state index contributed by atoms with van der Waals surface area (Å²) in [5.74, 6) is 0.263. The smallest absolute Gasteiger partial charge is 0.138 e. The van der Waals surface area contributed by atoms with Crippen molar-refractivity contribution >= 4 is 0 Å². The number of hydrogen-bond donors (Lipinski definition) is 1. The highest BCUT2D eigenvalue weighted by molar-refractivity contribution is 5.27. The maximum Gasteiger partial charge on any atom is 0.138 e. The molecule has 0 saturated heterocycles. The van der Waals surface area contributed by atoms with Crippen molar-refractivity contribution in [2.24, 2.45) is 0 Å². The molecule has 3 nitrogen and oxygen atoms in total. The summed E-state index contributed by atoms with van der Waals surface area (Å²) in [5.41, 5.74) is 0.725. The molecule has 12 heavy (non-hydrogen) atoms. The van der Waals surface area contributed by atoms with E-state index < -0.39 is 0 Å². The van der Waals surface area contributed by atoms with Crippen molar-refractivity contribution in [3.8, 4) is 5.75 Å². The first-order valence-corrected chi connectivity index (χ1v) is 3.93. The third kappa shape index (κ3) is 1.74. The van der Waals surface area contributed by atoms with Crippen molar-refractivity contribution in [1.29, 1.82) is 0 Å². The van der Waals surface area contributed by atoms with E-state index >= 15 is 0 Å². The van der Waals surface area contributed by atoms with Gasteiger partial charge < -0.3 is 10.0 Å². The lowest BCUT2D eigenvalue weighted by Crippen LogP contribution is -2.17. The van der Waals surface area contributed by atoms with Gasteiger partial charge in [0.05, 0.1) is 11.7 Å². The fourth-order valence-corrected chi connectivity index (χ4v) is 0.975. The van der Waals surface area contributed by atoms with E-state index in [0.29, 0.717) is 0 Å². The quantitative estimate of drug-likeness (QED) is 0.721. The summed E-state index contributed by atoms with van der Waals surface area (Å²) in [6.07, 6.45) is 1.69. The number of nitrogens with zero attached hydrogens (tertiary/aromatic N) is 2. The molecule has 1 unspecified atom stereocenters. The Labute approximate surface area is 72.7 Å². The van der Waals surface area contributed by atoms with Gasteiger partial charge in [-0.15, -0.1) is 0 Å². The summed E-state index contributed by atoms with van der Waals surface area (Å²) in [4.78, 5) is 6.11. The second-order valence-electron chi connectivity index (χ2n) is 3.05. The highest BCUT2D eigenvalue weighted by Gasteiger charge is 2.12. The summed E-state index contributed by atoms with van der Waals surface area (Å²) in [5, 5.41) is 9.44. The third-order valence-corrected chi connectivity index (χ3v) is 1.99. The summed E-state index contributed by atoms with van der Waals surface area (Å²) in [6, 6.07) is 3.52. The van der Waals surface area contributed by atoms with E-state index in [1.807, 2.05) is 25.9 Å². The third-order valence-electron chi connectivity index (χ3n) is 1.99. The monoisotopic (exact) mass is 166 g/mol. The van der Waals surface area contributed by atoms with Gasteiger partial charge in [0.15, 0.2) is 0 Å². The van der Waals surface area contributed by atoms with Gasteiger partial charge in [-0.3, -0.25) is 4.98 Å². The van der Waals surface area contributed by atoms with Gasteiger partial charge in [0.25, 0.3) is 0 Å². The van der Waals surface area contributed by atoms with Crippen molar-refractivity contribution < 1.29 is 5.11 Å². The standard InChI is InChI=1S/C9H14N2O/c1-7(11(2)3)9-8(12)5-4-6-10-9/h4-7,12H,1-3H3. The minimum absolute atomic E-state index is 0.145. The van der Waals surface area contributed by atoms with E-state index in [1.54, 1.807) is 18.3 Å². The Morgan fingerprint density at radius 2 is 2.17 bits per heavy atom. The van der Waals surface area contributed by atoms with Crippen LogP contribution in [-0.4, -0.2) is 29.1 Å². The second-order valence-corrected chi connectivity index (χ2v) is 3.05. The average molecular weight is 166 g/mol. The van der Waals surface area contributed by atoms with Crippen LogP contribution in [0.15, 0.2) is 18.3 Å². The summed E-state index contributed by atoms with van der Waals surface area (Å²) >= 11 is 0. The fraction of sp³-hybridized carbons (Fsp3) is 0.444. The van der Waals surface area contributed by atoms with Crippen molar-refractivity contribution in [2.45, 2.75) is 13.0 Å². The van der Waals surface area contributed by atoms with Gasteiger partial charge in [0.2, 0.25) is 0 Å². The van der Waals surface area contributed by atoms with Crippen molar-refractivity contribution in [2.75, 3.05) is 14.1 Å². The Morgan fingerprint density at radius 1 is 1.50 bits per heavy atom. The first-order chi connectivity index (χ1) is 5.63. The number of rotatable bonds is 2. The molecule has 0 bridgehead atoms. The van der Waals surface area contributed by atoms with Crippen molar-refractivity contribution in [3.63, 3.8) is 0 Å². The molecule has 0 spiro atoms. The molecule has 1 atom stereocenters. The minimum Gasteiger partial charge on any atom is -0.506 e. The molecular formula is C9H14N2O. The van der Waals surface area contributed by atoms with Crippen LogP contribution in [0.5, 0.6) is 5.75 Å². The van der Waals surface area contributed by atoms with Crippen LogP contribution in [0.4, 0.5) is 0 Å². The van der Waals surface area contributed by atoms with E-state index in [4.69, 9.17) is 0 Å². The maximum atomic E-state index is 9.44. The van der Waals surface area contributed by atoms with Crippen LogP contribution in [0.3, 0.4) is 0 Å². The Kier molecular flexibility index (Phi) is 2.65. The van der Waals surface area contributed by atoms with E-state index in [2.05, 4.69) is 4.98 Å². The van der Waals surface area contributed by atoms with Crippen LogP contribution in [-0.2, 0) is 0 Å². The summed E-state index contributed by atoms with van der Waals surface area (Å²) in [7, 11) is 3.91. The number of pyridine rings is 1. The molecule has 1 aromatic heterocycles. The maximum absolute atomic E-state index is 9.44. The van der Waals surface area contributed by atoms with Crippen LogP contribution in [0.25, 0.3) is 0 Å². The van der Waals surface area contributed by atoms with Crippen LogP contribution < -0.4 is 0 Å². The molecule has 1 aromatic rings. The molecule has 3 heteroatoms. The topological polar surface area (TPSA) is 36.4 Å². The highest BCUT2D eigenvalue weighted by atomic mass is 16.3. The van der Waals surface area contributed by atoms with Crippen LogP contribution in [0.1, 0.15) is 18.7 Å². The van der Waals surface area contributed by atoms with Gasteiger partial charge in [-0.05, 0) is 33.2 Å². The van der Waals surface area contributed by atoms with E-state index in [0.717, 1.165) is 5.69 Å². The van der Waals surface area contributed by atoms with Gasteiger partial charge in [-0.2, -0.15) is 0 Å². The molecule has 0 aliphatic heterocycles. The number of hydrogen-bond acceptors (Lipinski definition) is 3. The van der Waals surface area contributed by atoms with Gasteiger partial charge in [-0.25, -0.2) is 0 Å². The SMILES string of the molecule is CC(c1ncccc1O)N(C)C. The Balaban J connectivity index is 2.94. The largest absolute Gasteiger partial charge is 0.506 e. The Bertz CT molecular complexity index is 260. The van der Waals surface area contributed by atoms with Gasteiger partial charge >= 0.3 is 0 Å². The van der Waals surface area contributed by atoms with E-state index in [-0.39, 0.29) is 11.8 Å². The molecule has 1 N–H and O–H groups in total. The van der Waals surface area contributed by atoms with Crippen LogP contribution in [0.2, 0.25) is 0 Å². The van der Waals surface area contributed by atoms with Crippen LogP contribution in [0, 0.1) is 0 Å². The molecule has 0 aliphatic carbocycles.